The van der Waals surface area contributed by atoms with Gasteiger partial charge in [0.1, 0.15) is 0 Å². The summed E-state index contributed by atoms with van der Waals surface area (Å²) in [5.41, 5.74) is 1.48. The second-order valence-electron chi connectivity index (χ2n) is 10.5. The zero-order valence-electron chi connectivity index (χ0n) is 15.3. The van der Waals surface area contributed by atoms with Crippen molar-refractivity contribution < 1.29 is 0 Å². The van der Waals surface area contributed by atoms with Crippen LogP contribution >= 0.6 is 0 Å². The first kappa shape index (κ1) is 15.8. The summed E-state index contributed by atoms with van der Waals surface area (Å²) >= 11 is 0. The van der Waals surface area contributed by atoms with Crippen LogP contribution in [0.25, 0.3) is 0 Å². The van der Waals surface area contributed by atoms with Gasteiger partial charge in [-0.3, -0.25) is 0 Å². The molecule has 3 fully saturated rings. The van der Waals surface area contributed by atoms with Crippen LogP contribution in [0.15, 0.2) is 0 Å². The van der Waals surface area contributed by atoms with Crippen LogP contribution in [-0.2, 0) is 0 Å². The second-order valence-corrected chi connectivity index (χ2v) is 10.5. The Labute approximate surface area is 131 Å². The molecule has 122 valence electrons. The van der Waals surface area contributed by atoms with E-state index in [-0.39, 0.29) is 11.1 Å². The average molecular weight is 293 g/mol. The fourth-order valence-corrected chi connectivity index (χ4v) is 6.39. The summed E-state index contributed by atoms with van der Waals surface area (Å²) in [6.07, 6.45) is 6.80. The van der Waals surface area contributed by atoms with Gasteiger partial charge in [-0.25, -0.2) is 0 Å². The Bertz CT molecular complexity index is 403. The largest absolute Gasteiger partial charge is 0.310 e. The minimum atomic E-state index is 0.238. The van der Waals surface area contributed by atoms with Gasteiger partial charge in [0.25, 0.3) is 0 Å². The molecular weight excluding hydrogens is 256 g/mol. The summed E-state index contributed by atoms with van der Waals surface area (Å²) in [6, 6.07) is 1.34. The first-order valence-corrected chi connectivity index (χ1v) is 8.99. The molecule has 3 rings (SSSR count). The van der Waals surface area contributed by atoms with E-state index in [2.05, 4.69) is 59.1 Å². The molecule has 0 radical (unpaired) electrons. The molecule has 1 aliphatic heterocycles. The van der Waals surface area contributed by atoms with E-state index in [0.29, 0.717) is 22.9 Å². The van der Waals surface area contributed by atoms with Gasteiger partial charge in [0.15, 0.2) is 0 Å². The second kappa shape index (κ2) is 4.47. The highest BCUT2D eigenvalue weighted by atomic mass is 15.1. The Morgan fingerprint density at radius 1 is 0.857 bits per heavy atom. The van der Waals surface area contributed by atoms with E-state index in [1.807, 2.05) is 0 Å². The van der Waals surface area contributed by atoms with E-state index in [4.69, 9.17) is 0 Å². The molecule has 1 heterocycles. The van der Waals surface area contributed by atoms with Crippen LogP contribution in [0.3, 0.4) is 0 Å². The van der Waals surface area contributed by atoms with Crippen LogP contribution < -0.4 is 10.6 Å². The van der Waals surface area contributed by atoms with Gasteiger partial charge in [-0.15, -0.1) is 0 Å². The van der Waals surface area contributed by atoms with Gasteiger partial charge in [0, 0.05) is 23.2 Å². The van der Waals surface area contributed by atoms with Crippen LogP contribution in [0, 0.1) is 16.7 Å². The zero-order valence-corrected chi connectivity index (χ0v) is 15.3. The molecule has 1 unspecified atom stereocenters. The normalized spacial score (nSPS) is 44.1. The van der Waals surface area contributed by atoms with Gasteiger partial charge in [-0.1, -0.05) is 20.8 Å². The van der Waals surface area contributed by atoms with Crippen molar-refractivity contribution in [2.45, 2.75) is 104 Å². The van der Waals surface area contributed by atoms with E-state index in [0.717, 1.165) is 5.92 Å². The standard InChI is InChI=1S/C19H36N2/c1-16(2)11-14(12-17(3,4)21-16)20-15-18(5,6)13-8-9-19(15,7)10-13/h13-15,20-21H,8-12H2,1-7H3/t13-,15?,19+/m0/s1. The van der Waals surface area contributed by atoms with Crippen molar-refractivity contribution in [2.24, 2.45) is 16.7 Å². The van der Waals surface area contributed by atoms with Crippen molar-refractivity contribution in [3.8, 4) is 0 Å². The predicted octanol–water partition coefficient (Wildman–Crippen LogP) is 4.10. The summed E-state index contributed by atoms with van der Waals surface area (Å²) in [7, 11) is 0. The van der Waals surface area contributed by atoms with Gasteiger partial charge >= 0.3 is 0 Å². The summed E-state index contributed by atoms with van der Waals surface area (Å²) in [6.45, 7) is 17.0. The molecule has 2 aliphatic carbocycles. The van der Waals surface area contributed by atoms with Crippen molar-refractivity contribution in [3.05, 3.63) is 0 Å². The van der Waals surface area contributed by atoms with Crippen molar-refractivity contribution in [1.82, 2.24) is 10.6 Å². The molecule has 2 heteroatoms. The number of hydrogen-bond donors (Lipinski definition) is 2. The van der Waals surface area contributed by atoms with Gasteiger partial charge in [0.05, 0.1) is 0 Å². The maximum Gasteiger partial charge on any atom is 0.0177 e. The number of fused-ring (bicyclic) bond motifs is 2. The lowest BCUT2D eigenvalue weighted by molar-refractivity contribution is 0.0675. The quantitative estimate of drug-likeness (QED) is 0.800. The van der Waals surface area contributed by atoms with Crippen LogP contribution in [0.1, 0.15) is 80.6 Å². The first-order valence-electron chi connectivity index (χ1n) is 8.99. The highest BCUT2D eigenvalue weighted by Crippen LogP contribution is 2.62. The Hall–Kier alpha value is -0.0800. The van der Waals surface area contributed by atoms with E-state index in [9.17, 15) is 0 Å². The Morgan fingerprint density at radius 3 is 1.90 bits per heavy atom. The fourth-order valence-electron chi connectivity index (χ4n) is 6.39. The van der Waals surface area contributed by atoms with Crippen molar-refractivity contribution >= 4 is 0 Å². The number of rotatable bonds is 2. The third-order valence-electron chi connectivity index (χ3n) is 6.86. The van der Waals surface area contributed by atoms with Gasteiger partial charge < -0.3 is 10.6 Å². The maximum atomic E-state index is 4.15. The van der Waals surface area contributed by atoms with E-state index in [1.54, 1.807) is 0 Å². The van der Waals surface area contributed by atoms with E-state index >= 15 is 0 Å². The minimum absolute atomic E-state index is 0.238. The molecule has 0 spiro atoms. The summed E-state index contributed by atoms with van der Waals surface area (Å²) < 4.78 is 0. The van der Waals surface area contributed by atoms with Crippen LogP contribution in [-0.4, -0.2) is 23.2 Å². The van der Waals surface area contributed by atoms with Gasteiger partial charge in [0.2, 0.25) is 0 Å². The summed E-state index contributed by atoms with van der Waals surface area (Å²) in [5.74, 6) is 0.933. The molecule has 0 aromatic rings. The Kier molecular flexibility index (Phi) is 3.37. The molecule has 0 aromatic carbocycles. The molecule has 3 atom stereocenters. The molecule has 0 aromatic heterocycles. The lowest BCUT2D eigenvalue weighted by Crippen LogP contribution is -2.64. The molecule has 21 heavy (non-hydrogen) atoms. The monoisotopic (exact) mass is 292 g/mol. The minimum Gasteiger partial charge on any atom is -0.310 e. The summed E-state index contributed by atoms with van der Waals surface area (Å²) in [4.78, 5) is 0. The molecule has 2 nitrogen and oxygen atoms in total. The fraction of sp³-hybridized carbons (Fsp3) is 1.00. The molecule has 0 amide bonds. The van der Waals surface area contributed by atoms with Crippen molar-refractivity contribution in [3.63, 3.8) is 0 Å². The predicted molar refractivity (Wildman–Crippen MR) is 90.5 cm³/mol. The van der Waals surface area contributed by atoms with Crippen molar-refractivity contribution in [2.75, 3.05) is 0 Å². The summed E-state index contributed by atoms with van der Waals surface area (Å²) in [5, 5.41) is 7.96. The number of hydrogen-bond acceptors (Lipinski definition) is 2. The smallest absolute Gasteiger partial charge is 0.0177 e. The maximum absolute atomic E-state index is 4.15. The molecule has 2 saturated carbocycles. The number of piperidine rings is 1. The third-order valence-corrected chi connectivity index (χ3v) is 6.86. The topological polar surface area (TPSA) is 24.1 Å². The Balaban J connectivity index is 1.77. The average Bonchev–Trinajstić information content (AvgIpc) is 2.71. The van der Waals surface area contributed by atoms with Crippen LogP contribution in [0.2, 0.25) is 0 Å². The Morgan fingerprint density at radius 2 is 1.43 bits per heavy atom. The van der Waals surface area contributed by atoms with Crippen LogP contribution in [0.5, 0.6) is 0 Å². The molecular formula is C19H36N2. The molecule has 2 bridgehead atoms. The van der Waals surface area contributed by atoms with Gasteiger partial charge in [-0.2, -0.15) is 0 Å². The lowest BCUT2D eigenvalue weighted by Gasteiger charge is -2.51. The van der Waals surface area contributed by atoms with Crippen molar-refractivity contribution in [1.29, 1.82) is 0 Å². The van der Waals surface area contributed by atoms with Crippen LogP contribution in [0.4, 0.5) is 0 Å². The third kappa shape index (κ3) is 2.67. The molecule has 3 aliphatic rings. The molecule has 2 N–H and O–H groups in total. The number of nitrogens with one attached hydrogen (secondary N) is 2. The highest BCUT2D eigenvalue weighted by Gasteiger charge is 2.59. The van der Waals surface area contributed by atoms with Gasteiger partial charge in [-0.05, 0) is 76.5 Å². The lowest BCUT2D eigenvalue weighted by atomic mass is 9.67. The van der Waals surface area contributed by atoms with E-state index in [1.165, 1.54) is 32.1 Å². The van der Waals surface area contributed by atoms with E-state index < -0.39 is 0 Å². The zero-order chi connectivity index (χ0) is 15.7. The molecule has 1 saturated heterocycles. The first-order chi connectivity index (χ1) is 9.44. The highest BCUT2D eigenvalue weighted by molar-refractivity contribution is 5.13. The SMILES string of the molecule is CC1(C)CC(NC2C(C)(C)[C@H]3CC[C@]2(C)C3)CC(C)(C)N1.